The van der Waals surface area contributed by atoms with Crippen LogP contribution in [-0.2, 0) is 11.8 Å². The molecule has 1 amide bonds. The number of aryl methyl sites for hydroxylation is 1. The maximum Gasteiger partial charge on any atom is 0.352 e. The van der Waals surface area contributed by atoms with Crippen LogP contribution in [0.1, 0.15) is 29.9 Å². The van der Waals surface area contributed by atoms with Gasteiger partial charge in [-0.25, -0.2) is 14.5 Å². The molecule has 13 heteroatoms. The Balaban J connectivity index is 1.44. The number of fused-ring (bicyclic) bond motifs is 1. The van der Waals surface area contributed by atoms with E-state index in [2.05, 4.69) is 20.6 Å². The molecule has 39 heavy (non-hydrogen) atoms. The Bertz CT molecular complexity index is 1810. The van der Waals surface area contributed by atoms with Crippen molar-refractivity contribution in [3.05, 3.63) is 87.3 Å². The average molecular weight is 566 g/mol. The molecule has 5 rings (SSSR count). The minimum Gasteiger partial charge on any atom is -0.477 e. The van der Waals surface area contributed by atoms with E-state index in [1.54, 1.807) is 54.9 Å². The van der Waals surface area contributed by atoms with Gasteiger partial charge in [-0.05, 0) is 48.9 Å². The second-order valence-corrected chi connectivity index (χ2v) is 9.57. The third-order valence-electron chi connectivity index (χ3n) is 6.34. The van der Waals surface area contributed by atoms with Crippen LogP contribution in [0.15, 0.2) is 65.8 Å². The lowest BCUT2D eigenvalue weighted by molar-refractivity contribution is -0.119. The lowest BCUT2D eigenvalue weighted by Crippen LogP contribution is -2.33. The number of hydrogen-bond acceptors (Lipinski definition) is 6. The molecule has 0 bridgehead atoms. The third kappa shape index (κ3) is 5.01. The first-order valence-electron chi connectivity index (χ1n) is 11.8. The van der Waals surface area contributed by atoms with Crippen LogP contribution in [0.4, 0.5) is 5.69 Å². The molecular weight excluding hydrogens is 545 g/mol. The van der Waals surface area contributed by atoms with E-state index in [4.69, 9.17) is 23.2 Å². The molecule has 0 saturated carbocycles. The van der Waals surface area contributed by atoms with E-state index in [1.807, 2.05) is 0 Å². The van der Waals surface area contributed by atoms with Crippen molar-refractivity contribution in [2.45, 2.75) is 19.4 Å². The molecule has 0 radical (unpaired) electrons. The van der Waals surface area contributed by atoms with Gasteiger partial charge in [-0.2, -0.15) is 0 Å². The van der Waals surface area contributed by atoms with Gasteiger partial charge in [-0.1, -0.05) is 35.3 Å². The first kappa shape index (κ1) is 26.1. The number of carboxylic acids is 1. The molecule has 5 aromatic rings. The molecule has 0 aliphatic carbocycles. The number of hydrogen-bond donors (Lipinski definition) is 2. The van der Waals surface area contributed by atoms with Crippen molar-refractivity contribution in [2.24, 2.45) is 7.05 Å². The highest BCUT2D eigenvalue weighted by Crippen LogP contribution is 2.28. The summed E-state index contributed by atoms with van der Waals surface area (Å²) >= 11 is 12.1. The van der Waals surface area contributed by atoms with Crippen LogP contribution in [0.5, 0.6) is 0 Å². The van der Waals surface area contributed by atoms with Gasteiger partial charge in [0.2, 0.25) is 5.91 Å². The second kappa shape index (κ2) is 10.4. The number of aromatic carboxylic acids is 1. The van der Waals surface area contributed by atoms with E-state index < -0.39 is 23.5 Å². The fourth-order valence-electron chi connectivity index (χ4n) is 4.43. The summed E-state index contributed by atoms with van der Waals surface area (Å²) in [5.74, 6) is -1.46. The van der Waals surface area contributed by atoms with Crippen molar-refractivity contribution >= 4 is 51.7 Å². The summed E-state index contributed by atoms with van der Waals surface area (Å²) in [5, 5.41) is 21.3. The Kier molecular flexibility index (Phi) is 6.94. The zero-order valence-corrected chi connectivity index (χ0v) is 22.2. The van der Waals surface area contributed by atoms with E-state index in [-0.39, 0.29) is 10.8 Å². The fraction of sp³-hybridized carbons (Fsp3) is 0.154. The summed E-state index contributed by atoms with van der Waals surface area (Å²) in [6.07, 6.45) is 3.16. The Morgan fingerprint density at radius 2 is 1.90 bits per heavy atom. The highest BCUT2D eigenvalue weighted by Gasteiger charge is 2.22. The Labute approximate surface area is 231 Å². The Morgan fingerprint density at radius 3 is 2.56 bits per heavy atom. The van der Waals surface area contributed by atoms with Crippen molar-refractivity contribution in [1.82, 2.24) is 29.1 Å². The topological polar surface area (TPSA) is 137 Å². The van der Waals surface area contributed by atoms with Gasteiger partial charge in [0.1, 0.15) is 11.7 Å². The first-order valence-corrected chi connectivity index (χ1v) is 12.5. The Hall–Kier alpha value is -4.48. The van der Waals surface area contributed by atoms with Crippen molar-refractivity contribution in [3.63, 3.8) is 0 Å². The Morgan fingerprint density at radius 1 is 1.10 bits per heavy atom. The van der Waals surface area contributed by atoms with Gasteiger partial charge in [0.05, 0.1) is 23.9 Å². The van der Waals surface area contributed by atoms with Crippen molar-refractivity contribution in [1.29, 1.82) is 0 Å². The van der Waals surface area contributed by atoms with Crippen molar-refractivity contribution < 1.29 is 14.7 Å². The molecule has 1 atom stereocenters. The lowest BCUT2D eigenvalue weighted by Gasteiger charge is -2.18. The van der Waals surface area contributed by atoms with Gasteiger partial charge in [0.25, 0.3) is 5.56 Å². The normalized spacial score (nSPS) is 12.0. The number of carbonyl (C=O) groups is 2. The largest absolute Gasteiger partial charge is 0.477 e. The molecule has 0 aliphatic heterocycles. The number of halogens is 2. The monoisotopic (exact) mass is 565 g/mol. The number of anilines is 1. The second-order valence-electron chi connectivity index (χ2n) is 8.75. The van der Waals surface area contributed by atoms with E-state index in [0.717, 1.165) is 0 Å². The minimum absolute atomic E-state index is 0.132. The van der Waals surface area contributed by atoms with Crippen LogP contribution in [0.25, 0.3) is 27.8 Å². The molecule has 3 heterocycles. The number of rotatable bonds is 7. The zero-order valence-electron chi connectivity index (χ0n) is 20.7. The van der Waals surface area contributed by atoms with Gasteiger partial charge < -0.3 is 15.0 Å². The molecule has 0 unspecified atom stereocenters. The predicted octanol–water partition coefficient (Wildman–Crippen LogP) is 4.58. The molecule has 2 N–H and O–H groups in total. The molecule has 0 aliphatic rings. The molecule has 3 aromatic heterocycles. The number of amides is 1. The van der Waals surface area contributed by atoms with E-state index >= 15 is 0 Å². The lowest BCUT2D eigenvalue weighted by atomic mass is 10.1. The van der Waals surface area contributed by atoms with Gasteiger partial charge in [-0.3, -0.25) is 14.2 Å². The quantitative estimate of drug-likeness (QED) is 0.294. The molecule has 0 spiro atoms. The number of benzene rings is 2. The average Bonchev–Trinajstić information content (AvgIpc) is 3.48. The number of nitrogens with zero attached hydrogens (tertiary/aromatic N) is 6. The van der Waals surface area contributed by atoms with Crippen LogP contribution < -0.4 is 10.9 Å². The first-order chi connectivity index (χ1) is 18.7. The minimum atomic E-state index is -1.05. The summed E-state index contributed by atoms with van der Waals surface area (Å²) in [6, 6.07) is 12.2. The molecular formula is C26H21Cl2N7O4. The number of carbonyl (C=O) groups excluding carboxylic acids is 1. The van der Waals surface area contributed by atoms with Crippen molar-refractivity contribution in [3.8, 4) is 16.9 Å². The summed E-state index contributed by atoms with van der Waals surface area (Å²) < 4.78 is 4.28. The van der Waals surface area contributed by atoms with Gasteiger partial charge in [-0.15, -0.1) is 5.10 Å². The van der Waals surface area contributed by atoms with Crippen LogP contribution >= 0.6 is 23.2 Å². The molecule has 11 nitrogen and oxygen atoms in total. The van der Waals surface area contributed by atoms with Crippen LogP contribution in [0.2, 0.25) is 10.2 Å². The summed E-state index contributed by atoms with van der Waals surface area (Å²) in [7, 11) is 1.66. The molecule has 2 aromatic carbocycles. The summed E-state index contributed by atoms with van der Waals surface area (Å²) in [5.41, 5.74) is 2.31. The van der Waals surface area contributed by atoms with Gasteiger partial charge >= 0.3 is 5.97 Å². The van der Waals surface area contributed by atoms with Crippen LogP contribution in [0.3, 0.4) is 0 Å². The number of carboxylic acid groups (broad SMARTS) is 1. The highest BCUT2D eigenvalue weighted by molar-refractivity contribution is 6.31. The SMILES string of the molecule is CC[C@@H](C(=O)Nc1ccc2c(c1)cc(C(=O)O)n2C)n1cnc(-c2cc(Cl)ccc2-n2cc(Cl)nn2)cc1=O. The highest BCUT2D eigenvalue weighted by atomic mass is 35.5. The van der Waals surface area contributed by atoms with Gasteiger partial charge in [0.15, 0.2) is 5.15 Å². The smallest absolute Gasteiger partial charge is 0.352 e. The third-order valence-corrected chi connectivity index (χ3v) is 6.75. The fourth-order valence-corrected chi connectivity index (χ4v) is 4.73. The summed E-state index contributed by atoms with van der Waals surface area (Å²) in [4.78, 5) is 42.3. The summed E-state index contributed by atoms with van der Waals surface area (Å²) in [6.45, 7) is 1.79. The van der Waals surface area contributed by atoms with E-state index in [1.165, 1.54) is 33.9 Å². The van der Waals surface area contributed by atoms with Crippen LogP contribution in [0, 0.1) is 0 Å². The molecule has 198 valence electrons. The van der Waals surface area contributed by atoms with Crippen LogP contribution in [-0.4, -0.2) is 46.1 Å². The van der Waals surface area contributed by atoms with Gasteiger partial charge in [0, 0.05) is 40.3 Å². The number of nitrogens with one attached hydrogen (secondary N) is 1. The van der Waals surface area contributed by atoms with E-state index in [0.29, 0.717) is 45.0 Å². The molecule has 0 saturated heterocycles. The zero-order chi connectivity index (χ0) is 27.8. The number of aromatic nitrogens is 6. The standard InChI is InChI=1S/C26H21Cl2N7O4/c1-3-19(25(37)30-16-5-7-20-14(8-16)9-22(26(38)39)33(20)2)34-13-29-18(11-24(34)36)17-10-15(27)4-6-21(17)35-12-23(28)31-32-35/h4-13,19H,3H2,1-2H3,(H,30,37)(H,38,39)/t19-/m0/s1. The maximum absolute atomic E-state index is 13.2. The predicted molar refractivity (Wildman–Crippen MR) is 147 cm³/mol. The van der Waals surface area contributed by atoms with E-state index in [9.17, 15) is 19.5 Å². The van der Waals surface area contributed by atoms with Crippen molar-refractivity contribution in [2.75, 3.05) is 5.32 Å². The molecule has 0 fully saturated rings. The maximum atomic E-state index is 13.2.